The molecule has 0 saturated carbocycles. The highest BCUT2D eigenvalue weighted by atomic mass is 32.2. The number of sulfonamides is 1. The Morgan fingerprint density at radius 2 is 2.03 bits per heavy atom. The van der Waals surface area contributed by atoms with Crippen LogP contribution in [0.2, 0.25) is 0 Å². The first kappa shape index (κ1) is 22.4. The van der Waals surface area contributed by atoms with Crippen molar-refractivity contribution in [3.05, 3.63) is 42.4 Å². The Balaban J connectivity index is 1.62. The van der Waals surface area contributed by atoms with Crippen LogP contribution in [0.25, 0.3) is 17.2 Å². The molecule has 0 bridgehead atoms. The molecule has 0 aromatic carbocycles. The van der Waals surface area contributed by atoms with Crippen LogP contribution in [0.15, 0.2) is 36.8 Å². The summed E-state index contributed by atoms with van der Waals surface area (Å²) in [6, 6.07) is 3.50. The van der Waals surface area contributed by atoms with E-state index in [1.54, 1.807) is 13.0 Å². The molecule has 32 heavy (non-hydrogen) atoms. The van der Waals surface area contributed by atoms with Gasteiger partial charge in [0, 0.05) is 31.5 Å². The first-order valence-corrected chi connectivity index (χ1v) is 11.6. The number of nitrogens with zero attached hydrogens (tertiary/aromatic N) is 5. The molecule has 0 amide bonds. The lowest BCUT2D eigenvalue weighted by molar-refractivity contribution is -0.137. The minimum Gasteiger partial charge on any atom is -0.373 e. The van der Waals surface area contributed by atoms with Gasteiger partial charge in [0.25, 0.3) is 0 Å². The summed E-state index contributed by atoms with van der Waals surface area (Å²) in [6.07, 6.45) is 0.111. The smallest absolute Gasteiger partial charge is 0.373 e. The van der Waals surface area contributed by atoms with E-state index in [0.717, 1.165) is 18.5 Å². The molecule has 4 rings (SSSR count). The van der Waals surface area contributed by atoms with Gasteiger partial charge in [-0.2, -0.15) is 13.2 Å². The van der Waals surface area contributed by atoms with Gasteiger partial charge in [0.1, 0.15) is 17.2 Å². The fraction of sp³-hybridized carbons (Fsp3) is 0.421. The molecular weight excluding hydrogens is 449 g/mol. The summed E-state index contributed by atoms with van der Waals surface area (Å²) in [7, 11) is -3.39. The highest BCUT2D eigenvalue weighted by Gasteiger charge is 2.31. The Morgan fingerprint density at radius 3 is 2.75 bits per heavy atom. The largest absolute Gasteiger partial charge is 0.417 e. The number of fused-ring (bicyclic) bond motifs is 1. The predicted molar refractivity (Wildman–Crippen MR) is 111 cm³/mol. The number of ether oxygens (including phenoxy) is 1. The number of pyridine rings is 1. The van der Waals surface area contributed by atoms with Crippen molar-refractivity contribution in [3.8, 4) is 11.5 Å². The molecule has 1 N–H and O–H groups in total. The third kappa shape index (κ3) is 4.84. The predicted octanol–water partition coefficient (Wildman–Crippen LogP) is 1.95. The molecule has 0 aliphatic carbocycles. The van der Waals surface area contributed by atoms with E-state index >= 15 is 0 Å². The summed E-state index contributed by atoms with van der Waals surface area (Å²) in [4.78, 5) is 14.8. The normalized spacial score (nSPS) is 18.8. The number of rotatable bonds is 5. The topological polar surface area (TPSA) is 102 Å². The second-order valence-electron chi connectivity index (χ2n) is 7.56. The molecular formula is C19H21F3N6O3S. The van der Waals surface area contributed by atoms with Gasteiger partial charge >= 0.3 is 6.18 Å². The van der Waals surface area contributed by atoms with Crippen molar-refractivity contribution in [2.75, 3.05) is 30.9 Å². The number of anilines is 1. The van der Waals surface area contributed by atoms with Gasteiger partial charge in [0.2, 0.25) is 10.0 Å². The minimum absolute atomic E-state index is 0.222. The molecule has 1 unspecified atom stereocenters. The summed E-state index contributed by atoms with van der Waals surface area (Å²) in [6.45, 7) is 2.98. The SMILES string of the molecule is CC(NS(C)(=O)=O)[C@H]1CN(c2ccnc(-c3cnc4ccc(C(F)(F)F)cn34)n2)CCO1. The van der Waals surface area contributed by atoms with Gasteiger partial charge in [0.05, 0.1) is 30.7 Å². The van der Waals surface area contributed by atoms with Crippen LogP contribution < -0.4 is 9.62 Å². The zero-order valence-corrected chi connectivity index (χ0v) is 18.1. The molecule has 1 saturated heterocycles. The van der Waals surface area contributed by atoms with Crippen molar-refractivity contribution in [3.63, 3.8) is 0 Å². The van der Waals surface area contributed by atoms with E-state index in [-0.39, 0.29) is 5.82 Å². The molecule has 3 aromatic rings. The van der Waals surface area contributed by atoms with Crippen LogP contribution >= 0.6 is 0 Å². The summed E-state index contributed by atoms with van der Waals surface area (Å²) >= 11 is 0. The monoisotopic (exact) mass is 470 g/mol. The molecule has 13 heteroatoms. The van der Waals surface area contributed by atoms with Gasteiger partial charge in [-0.05, 0) is 25.1 Å². The summed E-state index contributed by atoms with van der Waals surface area (Å²) in [5.41, 5.74) is -0.136. The summed E-state index contributed by atoms with van der Waals surface area (Å²) in [5, 5.41) is 0. The van der Waals surface area contributed by atoms with Gasteiger partial charge < -0.3 is 9.64 Å². The first-order valence-electron chi connectivity index (χ1n) is 9.73. The molecule has 1 aliphatic heterocycles. The number of aromatic nitrogens is 4. The second-order valence-corrected chi connectivity index (χ2v) is 9.34. The number of imidazole rings is 1. The number of morpholine rings is 1. The average molecular weight is 470 g/mol. The van der Waals surface area contributed by atoms with Crippen molar-refractivity contribution in [2.45, 2.75) is 25.2 Å². The minimum atomic E-state index is -4.49. The van der Waals surface area contributed by atoms with Gasteiger partial charge in [-0.3, -0.25) is 4.40 Å². The third-order valence-corrected chi connectivity index (χ3v) is 5.88. The van der Waals surface area contributed by atoms with Gasteiger partial charge in [0.15, 0.2) is 5.82 Å². The Hall–Kier alpha value is -2.77. The van der Waals surface area contributed by atoms with Crippen molar-refractivity contribution in [1.82, 2.24) is 24.1 Å². The zero-order valence-electron chi connectivity index (χ0n) is 17.2. The number of alkyl halides is 3. The molecule has 0 radical (unpaired) electrons. The molecule has 9 nitrogen and oxygen atoms in total. The van der Waals surface area contributed by atoms with E-state index in [2.05, 4.69) is 19.7 Å². The number of hydrogen-bond donors (Lipinski definition) is 1. The average Bonchev–Trinajstić information content (AvgIpc) is 3.15. The maximum atomic E-state index is 13.1. The lowest BCUT2D eigenvalue weighted by atomic mass is 10.1. The lowest BCUT2D eigenvalue weighted by Crippen LogP contribution is -2.52. The van der Waals surface area contributed by atoms with E-state index < -0.39 is 33.9 Å². The van der Waals surface area contributed by atoms with Crippen molar-refractivity contribution in [1.29, 1.82) is 0 Å². The summed E-state index contributed by atoms with van der Waals surface area (Å²) in [5.74, 6) is 0.774. The number of nitrogens with one attached hydrogen (secondary N) is 1. The molecule has 172 valence electrons. The molecule has 1 fully saturated rings. The van der Waals surface area contributed by atoms with E-state index in [4.69, 9.17) is 4.74 Å². The van der Waals surface area contributed by atoms with Crippen LogP contribution in [-0.4, -0.2) is 65.9 Å². The second kappa shape index (κ2) is 8.30. The van der Waals surface area contributed by atoms with Gasteiger partial charge in [-0.15, -0.1) is 0 Å². The Labute approximate surface area is 182 Å². The van der Waals surface area contributed by atoms with Crippen molar-refractivity contribution in [2.24, 2.45) is 0 Å². The van der Waals surface area contributed by atoms with Crippen LogP contribution in [0.4, 0.5) is 19.0 Å². The fourth-order valence-corrected chi connectivity index (χ4v) is 4.39. The maximum absolute atomic E-state index is 13.1. The first-order chi connectivity index (χ1) is 15.0. The van der Waals surface area contributed by atoms with Crippen molar-refractivity contribution >= 4 is 21.5 Å². The fourth-order valence-electron chi connectivity index (χ4n) is 3.56. The molecule has 1 aliphatic rings. The van der Waals surface area contributed by atoms with Crippen LogP contribution in [0.5, 0.6) is 0 Å². The highest BCUT2D eigenvalue weighted by molar-refractivity contribution is 7.88. The zero-order chi connectivity index (χ0) is 23.1. The Kier molecular flexibility index (Phi) is 5.81. The van der Waals surface area contributed by atoms with Crippen LogP contribution in [0, 0.1) is 0 Å². The lowest BCUT2D eigenvalue weighted by Gasteiger charge is -2.36. The van der Waals surface area contributed by atoms with Crippen LogP contribution in [0.1, 0.15) is 12.5 Å². The quantitative estimate of drug-likeness (QED) is 0.608. The maximum Gasteiger partial charge on any atom is 0.417 e. The van der Waals surface area contributed by atoms with Gasteiger partial charge in [-0.25, -0.2) is 28.1 Å². The highest BCUT2D eigenvalue weighted by Crippen LogP contribution is 2.30. The van der Waals surface area contributed by atoms with Gasteiger partial charge in [-0.1, -0.05) is 0 Å². The summed E-state index contributed by atoms with van der Waals surface area (Å²) < 4.78 is 72.0. The Bertz CT molecular complexity index is 1230. The van der Waals surface area contributed by atoms with E-state index in [1.807, 2.05) is 4.90 Å². The number of halogens is 3. The van der Waals surface area contributed by atoms with E-state index in [9.17, 15) is 21.6 Å². The number of hydrogen-bond acceptors (Lipinski definition) is 7. The van der Waals surface area contributed by atoms with E-state index in [0.29, 0.717) is 36.9 Å². The molecule has 0 spiro atoms. The van der Waals surface area contributed by atoms with Crippen molar-refractivity contribution < 1.29 is 26.3 Å². The van der Waals surface area contributed by atoms with Crippen LogP contribution in [-0.2, 0) is 20.9 Å². The third-order valence-electron chi connectivity index (χ3n) is 5.08. The molecule has 3 aromatic heterocycles. The molecule has 4 heterocycles. The van der Waals surface area contributed by atoms with E-state index in [1.165, 1.54) is 22.9 Å². The molecule has 2 atom stereocenters. The van der Waals surface area contributed by atoms with Crippen LogP contribution in [0.3, 0.4) is 0 Å². The standard InChI is InChI=1S/C19H21F3N6O3S/c1-12(26-32(2,29)30)15-11-27(7-8-31-15)17-5-6-23-18(25-17)14-9-24-16-4-3-13(10-28(14)16)19(20,21)22/h3-6,9-10,12,15,26H,7-8,11H2,1-2H3/t12?,15-/m1/s1. The Morgan fingerprint density at radius 1 is 1.25 bits per heavy atom.